The van der Waals surface area contributed by atoms with Crippen molar-refractivity contribution >= 4 is 23.3 Å². The fourth-order valence-corrected chi connectivity index (χ4v) is 2.97. The van der Waals surface area contributed by atoms with Crippen LogP contribution in [0.4, 0.5) is 5.82 Å². The number of nitrogens with zero attached hydrogens (tertiary/aromatic N) is 3. The van der Waals surface area contributed by atoms with Crippen LogP contribution >= 0.6 is 11.6 Å². The van der Waals surface area contributed by atoms with Gasteiger partial charge in [0.05, 0.1) is 16.7 Å². The van der Waals surface area contributed by atoms with Crippen LogP contribution in [0.3, 0.4) is 0 Å². The Morgan fingerprint density at radius 3 is 2.60 bits per heavy atom. The van der Waals surface area contributed by atoms with Crippen molar-refractivity contribution in [2.24, 2.45) is 0 Å². The minimum Gasteiger partial charge on any atom is -0.389 e. The molecule has 20 heavy (non-hydrogen) atoms. The lowest BCUT2D eigenvalue weighted by molar-refractivity contribution is 0.0724. The van der Waals surface area contributed by atoms with Crippen molar-refractivity contribution in [3.8, 4) is 0 Å². The third-order valence-electron chi connectivity index (χ3n) is 3.87. The van der Waals surface area contributed by atoms with E-state index >= 15 is 0 Å². The Morgan fingerprint density at radius 2 is 2.00 bits per heavy atom. The zero-order valence-electron chi connectivity index (χ0n) is 11.3. The predicted octanol–water partition coefficient (Wildman–Crippen LogP) is 1.54. The molecular weight excluding hydrogens is 278 g/mol. The highest BCUT2D eigenvalue weighted by Crippen LogP contribution is 2.28. The first-order chi connectivity index (χ1) is 9.65. The number of pyridine rings is 1. The van der Waals surface area contributed by atoms with Crippen LogP contribution in [-0.2, 0) is 0 Å². The number of piperidine rings is 1. The van der Waals surface area contributed by atoms with Gasteiger partial charge in [0.15, 0.2) is 0 Å². The number of hydrogen-bond donors (Lipinski definition) is 1. The van der Waals surface area contributed by atoms with E-state index in [9.17, 15) is 9.90 Å². The zero-order valence-corrected chi connectivity index (χ0v) is 12.0. The van der Waals surface area contributed by atoms with E-state index < -0.39 is 0 Å². The minimum atomic E-state index is -0.303. The number of amides is 1. The molecule has 6 heteroatoms. The first-order valence-corrected chi connectivity index (χ1v) is 7.41. The molecule has 1 N–H and O–H groups in total. The second kappa shape index (κ2) is 5.58. The van der Waals surface area contributed by atoms with E-state index in [0.29, 0.717) is 29.5 Å². The maximum absolute atomic E-state index is 12.3. The lowest BCUT2D eigenvalue weighted by atomic mass is 10.1. The van der Waals surface area contributed by atoms with Gasteiger partial charge in [-0.2, -0.15) is 0 Å². The lowest BCUT2D eigenvalue weighted by Gasteiger charge is -2.37. The van der Waals surface area contributed by atoms with Crippen LogP contribution in [0.25, 0.3) is 0 Å². The van der Waals surface area contributed by atoms with Gasteiger partial charge < -0.3 is 14.9 Å². The summed E-state index contributed by atoms with van der Waals surface area (Å²) in [5.41, 5.74) is 0.543. The highest BCUT2D eigenvalue weighted by atomic mass is 35.5. The number of carbonyl (C=O) groups is 1. The Bertz CT molecular complexity index is 511. The highest BCUT2D eigenvalue weighted by Gasteiger charge is 2.28. The Balaban J connectivity index is 1.74. The first-order valence-electron chi connectivity index (χ1n) is 7.03. The van der Waals surface area contributed by atoms with Crippen LogP contribution in [0, 0.1) is 0 Å². The van der Waals surface area contributed by atoms with Crippen molar-refractivity contribution in [3.05, 3.63) is 22.8 Å². The number of halogens is 1. The van der Waals surface area contributed by atoms with Crippen LogP contribution in [0.5, 0.6) is 0 Å². The third kappa shape index (κ3) is 2.60. The van der Waals surface area contributed by atoms with Crippen LogP contribution < -0.4 is 4.90 Å². The average Bonchev–Trinajstić information content (AvgIpc) is 2.44. The van der Waals surface area contributed by atoms with Crippen LogP contribution in [0.1, 0.15) is 29.6 Å². The molecule has 108 valence electrons. The average molecular weight is 296 g/mol. The van der Waals surface area contributed by atoms with Crippen LogP contribution in [0.2, 0.25) is 5.02 Å². The van der Waals surface area contributed by atoms with Gasteiger partial charge in [0.1, 0.15) is 5.82 Å². The number of anilines is 1. The number of rotatable bonds is 2. The Morgan fingerprint density at radius 1 is 1.30 bits per heavy atom. The molecule has 2 aliphatic rings. The second-order valence-electron chi connectivity index (χ2n) is 5.44. The van der Waals surface area contributed by atoms with Crippen molar-refractivity contribution in [3.63, 3.8) is 0 Å². The summed E-state index contributed by atoms with van der Waals surface area (Å²) in [6.07, 6.45) is 4.61. The number of aliphatic hydroxyl groups excluding tert-OH is 1. The lowest BCUT2D eigenvalue weighted by Crippen LogP contribution is -2.51. The molecule has 0 aromatic carbocycles. The predicted molar refractivity (Wildman–Crippen MR) is 77.2 cm³/mol. The molecule has 0 saturated carbocycles. The summed E-state index contributed by atoms with van der Waals surface area (Å²) in [6, 6.07) is 1.69. The fraction of sp³-hybridized carbons (Fsp3) is 0.571. The molecular formula is C14H18ClN3O2. The van der Waals surface area contributed by atoms with Gasteiger partial charge >= 0.3 is 0 Å². The number of aromatic nitrogens is 1. The standard InChI is InChI=1S/C14H18ClN3O2/c15-12-6-10(14(20)17-4-2-1-3-5-17)7-16-13(12)18-8-11(19)9-18/h6-7,11,19H,1-5,8-9H2. The molecule has 1 amide bonds. The monoisotopic (exact) mass is 295 g/mol. The summed E-state index contributed by atoms with van der Waals surface area (Å²) < 4.78 is 0. The summed E-state index contributed by atoms with van der Waals surface area (Å²) in [5, 5.41) is 9.78. The van der Waals surface area contributed by atoms with Crippen molar-refractivity contribution in [2.75, 3.05) is 31.1 Å². The number of aliphatic hydroxyl groups is 1. The number of hydrogen-bond acceptors (Lipinski definition) is 4. The molecule has 2 aliphatic heterocycles. The normalized spacial score (nSPS) is 19.9. The van der Waals surface area contributed by atoms with E-state index in [1.54, 1.807) is 12.3 Å². The van der Waals surface area contributed by atoms with Gasteiger partial charge in [-0.1, -0.05) is 11.6 Å². The van der Waals surface area contributed by atoms with Gasteiger partial charge in [0.2, 0.25) is 0 Å². The number of carbonyl (C=O) groups excluding carboxylic acids is 1. The third-order valence-corrected chi connectivity index (χ3v) is 4.15. The van der Waals surface area contributed by atoms with E-state index in [-0.39, 0.29) is 12.0 Å². The summed E-state index contributed by atoms with van der Waals surface area (Å²) in [7, 11) is 0. The number of likely N-dealkylation sites (tertiary alicyclic amines) is 1. The SMILES string of the molecule is O=C(c1cnc(N2CC(O)C2)c(Cl)c1)N1CCCCC1. The quantitative estimate of drug-likeness (QED) is 0.899. The summed E-state index contributed by atoms with van der Waals surface area (Å²) in [5.74, 6) is 0.654. The van der Waals surface area contributed by atoms with E-state index in [1.165, 1.54) is 6.42 Å². The molecule has 5 nitrogen and oxygen atoms in total. The molecule has 0 atom stereocenters. The molecule has 0 radical (unpaired) electrons. The van der Waals surface area contributed by atoms with Gasteiger partial charge in [-0.3, -0.25) is 4.79 Å². The van der Waals surface area contributed by atoms with Gasteiger partial charge in [-0.25, -0.2) is 4.98 Å². The maximum Gasteiger partial charge on any atom is 0.255 e. The van der Waals surface area contributed by atoms with Gasteiger partial charge in [-0.05, 0) is 25.3 Å². The zero-order chi connectivity index (χ0) is 14.1. The maximum atomic E-state index is 12.3. The molecule has 0 unspecified atom stereocenters. The Labute approximate surface area is 123 Å². The van der Waals surface area contributed by atoms with Crippen molar-refractivity contribution < 1.29 is 9.90 Å². The fourth-order valence-electron chi connectivity index (χ4n) is 2.69. The van der Waals surface area contributed by atoms with Crippen LogP contribution in [0.15, 0.2) is 12.3 Å². The van der Waals surface area contributed by atoms with Crippen molar-refractivity contribution in [2.45, 2.75) is 25.4 Å². The summed E-state index contributed by atoms with van der Waals surface area (Å²) >= 11 is 6.21. The molecule has 0 aliphatic carbocycles. The van der Waals surface area contributed by atoms with E-state index in [2.05, 4.69) is 4.98 Å². The van der Waals surface area contributed by atoms with Crippen molar-refractivity contribution in [1.82, 2.24) is 9.88 Å². The highest BCUT2D eigenvalue weighted by molar-refractivity contribution is 6.33. The molecule has 1 aromatic rings. The minimum absolute atomic E-state index is 0.00861. The molecule has 0 bridgehead atoms. The molecule has 3 heterocycles. The topological polar surface area (TPSA) is 56.7 Å². The van der Waals surface area contributed by atoms with Gasteiger partial charge in [0.25, 0.3) is 5.91 Å². The Kier molecular flexibility index (Phi) is 3.81. The molecule has 1 aromatic heterocycles. The van der Waals surface area contributed by atoms with Gasteiger partial charge in [0, 0.05) is 32.4 Å². The molecule has 0 spiro atoms. The Hall–Kier alpha value is -1.33. The van der Waals surface area contributed by atoms with E-state index in [1.807, 2.05) is 9.80 Å². The summed E-state index contributed by atoms with van der Waals surface area (Å²) in [6.45, 7) is 2.73. The van der Waals surface area contributed by atoms with Crippen molar-refractivity contribution in [1.29, 1.82) is 0 Å². The smallest absolute Gasteiger partial charge is 0.255 e. The van der Waals surface area contributed by atoms with Gasteiger partial charge in [-0.15, -0.1) is 0 Å². The largest absolute Gasteiger partial charge is 0.389 e. The first kappa shape index (κ1) is 13.6. The second-order valence-corrected chi connectivity index (χ2v) is 5.85. The molecule has 2 saturated heterocycles. The number of β-amino-alcohol motifs (C(OH)–C–C–N with tert-alkyl or cyclic N) is 1. The van der Waals surface area contributed by atoms with Crippen LogP contribution in [-0.4, -0.2) is 53.2 Å². The van der Waals surface area contributed by atoms with E-state index in [0.717, 1.165) is 25.9 Å². The molecule has 2 fully saturated rings. The molecule has 3 rings (SSSR count). The van der Waals surface area contributed by atoms with E-state index in [4.69, 9.17) is 11.6 Å². The summed E-state index contributed by atoms with van der Waals surface area (Å²) in [4.78, 5) is 20.4.